The van der Waals surface area contributed by atoms with E-state index >= 15 is 0 Å². The van der Waals surface area contributed by atoms with Gasteiger partial charge in [0.2, 0.25) is 11.8 Å². The molecule has 0 atom stereocenters. The van der Waals surface area contributed by atoms with Gasteiger partial charge in [-0.25, -0.2) is 0 Å². The largest absolute Gasteiger partial charge is 0.325 e. The number of nitrogens with zero attached hydrogens (tertiary/aromatic N) is 8. The van der Waals surface area contributed by atoms with Crippen LogP contribution in [0.3, 0.4) is 0 Å². The smallest absolute Gasteiger partial charge is 0.234 e. The number of hydrogen-bond donors (Lipinski definition) is 2. The standard InChI is InChI=1S/C42H40N10O2S2/c1-4-51-39(47-49-41(51)55-26-37(53)45-33-15-8-6-9-16-33)31-19-20-43-36(25-31)30-14-12-13-29(22-30)23-35-24-32(21-28(3)44-35)40-48-50-42(52(40)5-2)56-27-38(54)46-34-17-10-7-11-18-34/h6-22,24-25H,4-5,23,26-27H2,1-3H3,(H,45,53)(H,46,54). The number of rotatable bonds is 15. The molecule has 0 spiro atoms. The second-order valence-electron chi connectivity index (χ2n) is 12.8. The van der Waals surface area contributed by atoms with Crippen molar-refractivity contribution in [2.45, 2.75) is 50.6 Å². The van der Waals surface area contributed by atoms with Crippen molar-refractivity contribution in [3.63, 3.8) is 0 Å². The Morgan fingerprint density at radius 2 is 1.21 bits per heavy atom. The molecule has 0 saturated heterocycles. The number of anilines is 2. The van der Waals surface area contributed by atoms with Crippen LogP contribution in [0.4, 0.5) is 11.4 Å². The summed E-state index contributed by atoms with van der Waals surface area (Å²) < 4.78 is 4.04. The summed E-state index contributed by atoms with van der Waals surface area (Å²) in [5, 5.41) is 25.1. The molecule has 4 aromatic heterocycles. The summed E-state index contributed by atoms with van der Waals surface area (Å²) in [5.74, 6) is 1.67. The molecule has 282 valence electrons. The fraction of sp³-hybridized carbons (Fsp3) is 0.190. The first-order chi connectivity index (χ1) is 27.4. The molecule has 0 radical (unpaired) electrons. The van der Waals surface area contributed by atoms with Crippen LogP contribution in [0.15, 0.2) is 126 Å². The zero-order valence-electron chi connectivity index (χ0n) is 31.2. The molecule has 7 rings (SSSR count). The van der Waals surface area contributed by atoms with Crippen LogP contribution < -0.4 is 10.6 Å². The average Bonchev–Trinajstić information content (AvgIpc) is 3.84. The third-order valence-electron chi connectivity index (χ3n) is 8.74. The van der Waals surface area contributed by atoms with Crippen molar-refractivity contribution in [2.24, 2.45) is 0 Å². The number of carbonyl (C=O) groups is 2. The number of pyridine rings is 2. The van der Waals surface area contributed by atoms with Gasteiger partial charge in [0, 0.05) is 65.2 Å². The van der Waals surface area contributed by atoms with E-state index in [-0.39, 0.29) is 23.3 Å². The summed E-state index contributed by atoms with van der Waals surface area (Å²) in [6.07, 6.45) is 2.39. The molecule has 14 heteroatoms. The molecular formula is C42H40N10O2S2. The van der Waals surface area contributed by atoms with Gasteiger partial charge in [0.15, 0.2) is 22.0 Å². The lowest BCUT2D eigenvalue weighted by Crippen LogP contribution is -2.14. The van der Waals surface area contributed by atoms with Crippen molar-refractivity contribution in [1.29, 1.82) is 0 Å². The molecule has 0 aliphatic heterocycles. The van der Waals surface area contributed by atoms with E-state index in [1.165, 1.54) is 23.5 Å². The number of nitrogens with one attached hydrogen (secondary N) is 2. The number of benzene rings is 3. The Labute approximate surface area is 333 Å². The molecule has 2 amide bonds. The normalized spacial score (nSPS) is 11.1. The van der Waals surface area contributed by atoms with Gasteiger partial charge in [0.25, 0.3) is 0 Å². The van der Waals surface area contributed by atoms with Crippen LogP contribution in [0.1, 0.15) is 30.8 Å². The quantitative estimate of drug-likeness (QED) is 0.0981. The Kier molecular flexibility index (Phi) is 12.3. The van der Waals surface area contributed by atoms with E-state index in [1.54, 1.807) is 6.20 Å². The summed E-state index contributed by atoms with van der Waals surface area (Å²) in [4.78, 5) is 34.8. The number of para-hydroxylation sites is 2. The maximum atomic E-state index is 12.6. The van der Waals surface area contributed by atoms with Crippen LogP contribution in [0.2, 0.25) is 0 Å². The molecule has 4 heterocycles. The Morgan fingerprint density at radius 1 is 0.625 bits per heavy atom. The Hall–Kier alpha value is -6.12. The lowest BCUT2D eigenvalue weighted by molar-refractivity contribution is -0.114. The summed E-state index contributed by atoms with van der Waals surface area (Å²) in [5.41, 5.74) is 7.96. The van der Waals surface area contributed by atoms with Gasteiger partial charge in [0.05, 0.1) is 17.2 Å². The van der Waals surface area contributed by atoms with Crippen LogP contribution in [-0.4, -0.2) is 62.8 Å². The van der Waals surface area contributed by atoms with E-state index in [1.807, 2.05) is 121 Å². The van der Waals surface area contributed by atoms with Crippen molar-refractivity contribution < 1.29 is 9.59 Å². The molecule has 56 heavy (non-hydrogen) atoms. The number of hydrogen-bond acceptors (Lipinski definition) is 10. The number of amides is 2. The van der Waals surface area contributed by atoms with Crippen molar-refractivity contribution in [3.05, 3.63) is 132 Å². The van der Waals surface area contributed by atoms with Gasteiger partial charge < -0.3 is 19.8 Å². The molecule has 3 aromatic carbocycles. The van der Waals surface area contributed by atoms with Crippen LogP contribution in [0.5, 0.6) is 0 Å². The van der Waals surface area contributed by atoms with Crippen molar-refractivity contribution in [1.82, 2.24) is 39.5 Å². The predicted molar refractivity (Wildman–Crippen MR) is 222 cm³/mol. The van der Waals surface area contributed by atoms with Crippen LogP contribution >= 0.6 is 23.5 Å². The summed E-state index contributed by atoms with van der Waals surface area (Å²) >= 11 is 2.72. The van der Waals surface area contributed by atoms with Gasteiger partial charge in [-0.15, -0.1) is 20.4 Å². The number of aryl methyl sites for hydroxylation is 1. The van der Waals surface area contributed by atoms with Gasteiger partial charge in [-0.3, -0.25) is 19.6 Å². The van der Waals surface area contributed by atoms with E-state index in [0.29, 0.717) is 35.6 Å². The number of carbonyl (C=O) groups excluding carboxylic acids is 2. The second kappa shape index (κ2) is 18.0. The summed E-state index contributed by atoms with van der Waals surface area (Å²) in [6, 6.07) is 35.1. The molecule has 12 nitrogen and oxygen atoms in total. The van der Waals surface area contributed by atoms with Gasteiger partial charge in [-0.05, 0) is 80.9 Å². The first kappa shape index (κ1) is 38.2. The van der Waals surface area contributed by atoms with E-state index in [2.05, 4.69) is 49.2 Å². The number of aromatic nitrogens is 8. The minimum Gasteiger partial charge on any atom is -0.325 e. The van der Waals surface area contributed by atoms with E-state index in [0.717, 1.165) is 56.5 Å². The Bertz CT molecular complexity index is 2450. The molecule has 7 aromatic rings. The van der Waals surface area contributed by atoms with Crippen LogP contribution in [-0.2, 0) is 29.1 Å². The monoisotopic (exact) mass is 780 g/mol. The van der Waals surface area contributed by atoms with Gasteiger partial charge >= 0.3 is 0 Å². The van der Waals surface area contributed by atoms with Crippen LogP contribution in [0.25, 0.3) is 34.0 Å². The fourth-order valence-electron chi connectivity index (χ4n) is 6.22. The topological polar surface area (TPSA) is 145 Å². The number of thioether (sulfide) groups is 2. The van der Waals surface area contributed by atoms with E-state index in [4.69, 9.17) is 9.97 Å². The first-order valence-corrected chi connectivity index (χ1v) is 20.2. The third-order valence-corrected chi connectivity index (χ3v) is 10.7. The summed E-state index contributed by atoms with van der Waals surface area (Å²) in [6.45, 7) is 7.35. The molecule has 0 fully saturated rings. The Balaban J connectivity index is 1.04. The van der Waals surface area contributed by atoms with Crippen LogP contribution in [0, 0.1) is 6.92 Å². The molecule has 0 bridgehead atoms. The summed E-state index contributed by atoms with van der Waals surface area (Å²) in [7, 11) is 0. The minimum atomic E-state index is -0.105. The molecule has 0 unspecified atom stereocenters. The highest BCUT2D eigenvalue weighted by Gasteiger charge is 2.18. The lowest BCUT2D eigenvalue weighted by atomic mass is 10.0. The highest BCUT2D eigenvalue weighted by Crippen LogP contribution is 2.29. The highest BCUT2D eigenvalue weighted by atomic mass is 32.2. The molecule has 0 saturated carbocycles. The molecule has 2 N–H and O–H groups in total. The maximum absolute atomic E-state index is 12.6. The zero-order valence-corrected chi connectivity index (χ0v) is 32.8. The van der Waals surface area contributed by atoms with Crippen molar-refractivity contribution >= 4 is 46.7 Å². The van der Waals surface area contributed by atoms with Crippen molar-refractivity contribution in [3.8, 4) is 34.0 Å². The predicted octanol–water partition coefficient (Wildman–Crippen LogP) is 8.06. The van der Waals surface area contributed by atoms with Gasteiger partial charge in [-0.2, -0.15) is 0 Å². The van der Waals surface area contributed by atoms with Crippen molar-refractivity contribution in [2.75, 3.05) is 22.1 Å². The zero-order chi connectivity index (χ0) is 38.9. The van der Waals surface area contributed by atoms with E-state index < -0.39 is 0 Å². The Morgan fingerprint density at radius 3 is 1.80 bits per heavy atom. The SMILES string of the molecule is CCn1c(SCC(=O)Nc2ccccc2)nnc1-c1cc(C)nc(Cc2cccc(-c3cc(-c4nnc(SCC(=O)Nc5ccccc5)n4CC)ccn3)c2)c1. The molecular weight excluding hydrogens is 741 g/mol. The maximum Gasteiger partial charge on any atom is 0.234 e. The third kappa shape index (κ3) is 9.39. The lowest BCUT2D eigenvalue weighted by Gasteiger charge is -2.11. The minimum absolute atomic E-state index is 0.102. The first-order valence-electron chi connectivity index (χ1n) is 18.2. The van der Waals surface area contributed by atoms with Gasteiger partial charge in [-0.1, -0.05) is 78.1 Å². The fourth-order valence-corrected chi connectivity index (χ4v) is 7.82. The second-order valence-corrected chi connectivity index (χ2v) is 14.7. The molecule has 0 aliphatic carbocycles. The average molecular weight is 781 g/mol. The highest BCUT2D eigenvalue weighted by molar-refractivity contribution is 8.00. The van der Waals surface area contributed by atoms with Gasteiger partial charge in [0.1, 0.15) is 0 Å². The van der Waals surface area contributed by atoms with E-state index in [9.17, 15) is 9.59 Å². The molecule has 0 aliphatic rings.